The van der Waals surface area contributed by atoms with Crippen LogP contribution in [0.15, 0.2) is 24.3 Å². The van der Waals surface area contributed by atoms with Crippen molar-refractivity contribution in [2.75, 3.05) is 23.9 Å². The lowest BCUT2D eigenvalue weighted by Crippen LogP contribution is -2.39. The molecule has 0 atom stereocenters. The minimum Gasteiger partial charge on any atom is -0.506 e. The summed E-state index contributed by atoms with van der Waals surface area (Å²) in [6.07, 6.45) is 0. The molecular weight excluding hydrogens is 337 g/mol. The minimum absolute atomic E-state index is 0.210. The fourth-order valence-corrected chi connectivity index (χ4v) is 4.17. The van der Waals surface area contributed by atoms with Crippen molar-refractivity contribution in [3.05, 3.63) is 35.6 Å². The van der Waals surface area contributed by atoms with E-state index >= 15 is 0 Å². The van der Waals surface area contributed by atoms with Crippen LogP contribution in [-0.2, 0) is 15.0 Å². The summed E-state index contributed by atoms with van der Waals surface area (Å²) in [5, 5.41) is 13.9. The van der Waals surface area contributed by atoms with Crippen LogP contribution in [-0.4, -0.2) is 39.1 Å². The first kappa shape index (κ1) is 15.2. The molecule has 2 aromatic carbocycles. The van der Waals surface area contributed by atoms with Gasteiger partial charge in [0.1, 0.15) is 18.0 Å². The van der Waals surface area contributed by atoms with E-state index < -0.39 is 39.9 Å². The van der Waals surface area contributed by atoms with Crippen molar-refractivity contribution in [3.63, 3.8) is 0 Å². The van der Waals surface area contributed by atoms with Crippen LogP contribution < -0.4 is 14.3 Å². The maximum absolute atomic E-state index is 15.0. The second kappa shape index (κ2) is 5.05. The van der Waals surface area contributed by atoms with Crippen molar-refractivity contribution in [1.29, 1.82) is 0 Å². The molecule has 0 saturated carbocycles. The molecule has 2 aliphatic rings. The lowest BCUT2D eigenvalue weighted by Gasteiger charge is -2.28. The fourth-order valence-electron chi connectivity index (χ4n) is 3.01. The van der Waals surface area contributed by atoms with E-state index in [-0.39, 0.29) is 11.3 Å². The van der Waals surface area contributed by atoms with Crippen LogP contribution in [0.25, 0.3) is 10.8 Å². The van der Waals surface area contributed by atoms with Crippen LogP contribution in [0.1, 0.15) is 11.5 Å². The van der Waals surface area contributed by atoms with Crippen LogP contribution in [0, 0.1) is 5.82 Å². The number of carbonyl (C=O) groups excluding carboxylic acids is 1. The maximum atomic E-state index is 15.0. The number of phenols is 1. The maximum Gasteiger partial charge on any atom is 0.326 e. The van der Waals surface area contributed by atoms with Gasteiger partial charge in [-0.25, -0.2) is 13.4 Å². The average molecular weight is 351 g/mol. The number of hydrogen-bond donors (Lipinski definition) is 3. The average Bonchev–Trinajstić information content (AvgIpc) is 2.71. The SMILES string of the molecule is O=C1CN(c2c(O)cc3ccc(C4CNC4)cc3c2F)S(=O)(=O)N1. The molecule has 2 fully saturated rings. The first-order valence-electron chi connectivity index (χ1n) is 7.36. The van der Waals surface area contributed by atoms with Crippen molar-refractivity contribution in [2.24, 2.45) is 0 Å². The highest BCUT2D eigenvalue weighted by Crippen LogP contribution is 2.39. The van der Waals surface area contributed by atoms with E-state index in [4.69, 9.17) is 0 Å². The van der Waals surface area contributed by atoms with E-state index in [1.807, 2.05) is 6.07 Å². The van der Waals surface area contributed by atoms with Gasteiger partial charge < -0.3 is 10.4 Å². The molecular formula is C15H14FN3O4S. The summed E-state index contributed by atoms with van der Waals surface area (Å²) in [6.45, 7) is 1.04. The Hall–Kier alpha value is -2.39. The number of anilines is 1. The number of halogens is 1. The van der Waals surface area contributed by atoms with Gasteiger partial charge in [0, 0.05) is 24.4 Å². The Kier molecular flexibility index (Phi) is 3.19. The van der Waals surface area contributed by atoms with Crippen molar-refractivity contribution in [2.45, 2.75) is 5.92 Å². The molecule has 0 spiro atoms. The molecule has 2 heterocycles. The second-order valence-corrected chi connectivity index (χ2v) is 7.53. The molecule has 0 aromatic heterocycles. The predicted molar refractivity (Wildman–Crippen MR) is 85.6 cm³/mol. The van der Waals surface area contributed by atoms with E-state index in [2.05, 4.69) is 5.32 Å². The van der Waals surface area contributed by atoms with E-state index in [9.17, 15) is 22.7 Å². The minimum atomic E-state index is -4.20. The van der Waals surface area contributed by atoms with Crippen LogP contribution >= 0.6 is 0 Å². The normalized spacial score (nSPS) is 20.2. The largest absolute Gasteiger partial charge is 0.506 e. The Morgan fingerprint density at radius 3 is 2.58 bits per heavy atom. The number of hydrogen-bond acceptors (Lipinski definition) is 5. The number of rotatable bonds is 2. The van der Waals surface area contributed by atoms with Crippen molar-refractivity contribution >= 4 is 32.6 Å². The zero-order chi connectivity index (χ0) is 17.1. The number of nitrogens with one attached hydrogen (secondary N) is 2. The Bertz CT molecular complexity index is 972. The number of carbonyl (C=O) groups is 1. The van der Waals surface area contributed by atoms with Crippen molar-refractivity contribution in [1.82, 2.24) is 10.0 Å². The van der Waals surface area contributed by atoms with Gasteiger partial charge in [0.05, 0.1) is 0 Å². The smallest absolute Gasteiger partial charge is 0.326 e. The second-order valence-electron chi connectivity index (χ2n) is 5.93. The third kappa shape index (κ3) is 2.20. The zero-order valence-electron chi connectivity index (χ0n) is 12.4. The van der Waals surface area contributed by atoms with Crippen LogP contribution in [0.5, 0.6) is 5.75 Å². The standard InChI is InChI=1S/C15H14FN3O4S/c16-14-11-3-8(10-5-17-6-10)1-2-9(11)4-12(20)15(14)19-7-13(21)18-24(19,22)23/h1-4,10,17,20H,5-7H2,(H,18,21). The summed E-state index contributed by atoms with van der Waals surface area (Å²) < 4.78 is 41.2. The lowest BCUT2D eigenvalue weighted by molar-refractivity contribution is -0.117. The van der Waals surface area contributed by atoms with E-state index in [1.54, 1.807) is 16.9 Å². The number of phenolic OH excluding ortho intramolecular Hbond substituents is 1. The quantitative estimate of drug-likeness (QED) is 0.734. The first-order chi connectivity index (χ1) is 11.4. The Morgan fingerprint density at radius 2 is 2.00 bits per heavy atom. The summed E-state index contributed by atoms with van der Waals surface area (Å²) in [4.78, 5) is 11.4. The molecule has 2 aliphatic heterocycles. The lowest BCUT2D eigenvalue weighted by atomic mass is 9.91. The Labute approximate surface area is 137 Å². The topological polar surface area (TPSA) is 98.7 Å². The molecule has 1 amide bonds. The highest BCUT2D eigenvalue weighted by molar-refractivity contribution is 7.92. The Balaban J connectivity index is 1.90. The summed E-state index contributed by atoms with van der Waals surface area (Å²) in [6, 6.07) is 6.52. The van der Waals surface area contributed by atoms with E-state index in [1.165, 1.54) is 6.07 Å². The highest BCUT2D eigenvalue weighted by Gasteiger charge is 2.37. The number of aromatic hydroxyl groups is 1. The number of nitrogens with zero attached hydrogens (tertiary/aromatic N) is 1. The summed E-state index contributed by atoms with van der Waals surface area (Å²) in [5.74, 6) is -1.88. The fraction of sp³-hybridized carbons (Fsp3) is 0.267. The van der Waals surface area contributed by atoms with Gasteiger partial charge in [-0.05, 0) is 23.1 Å². The molecule has 2 aromatic rings. The van der Waals surface area contributed by atoms with Gasteiger partial charge in [-0.3, -0.25) is 4.79 Å². The molecule has 4 rings (SSSR count). The molecule has 0 radical (unpaired) electrons. The number of fused-ring (bicyclic) bond motifs is 1. The third-order valence-corrected chi connectivity index (χ3v) is 5.76. The van der Waals surface area contributed by atoms with Gasteiger partial charge in [0.25, 0.3) is 5.91 Å². The molecule has 0 aliphatic carbocycles. The van der Waals surface area contributed by atoms with E-state index in [0.717, 1.165) is 18.7 Å². The predicted octanol–water partition coefficient (Wildman–Crippen LogP) is 0.552. The van der Waals surface area contributed by atoms with Crippen molar-refractivity contribution < 1.29 is 22.7 Å². The first-order valence-corrected chi connectivity index (χ1v) is 8.80. The van der Waals surface area contributed by atoms with Gasteiger partial charge >= 0.3 is 10.2 Å². The summed E-state index contributed by atoms with van der Waals surface area (Å²) in [7, 11) is -4.20. The number of benzene rings is 2. The van der Waals surface area contributed by atoms with E-state index in [0.29, 0.717) is 9.69 Å². The molecule has 0 unspecified atom stereocenters. The molecule has 126 valence electrons. The van der Waals surface area contributed by atoms with Crippen LogP contribution in [0.2, 0.25) is 0 Å². The molecule has 0 bridgehead atoms. The summed E-state index contributed by atoms with van der Waals surface area (Å²) >= 11 is 0. The monoisotopic (exact) mass is 351 g/mol. The summed E-state index contributed by atoms with van der Waals surface area (Å²) in [5.41, 5.74) is 0.431. The Morgan fingerprint density at radius 1 is 1.25 bits per heavy atom. The van der Waals surface area contributed by atoms with Gasteiger partial charge in [-0.2, -0.15) is 8.42 Å². The van der Waals surface area contributed by atoms with Crippen LogP contribution in [0.3, 0.4) is 0 Å². The molecule has 24 heavy (non-hydrogen) atoms. The molecule has 2 saturated heterocycles. The van der Waals surface area contributed by atoms with Gasteiger partial charge in [0.2, 0.25) is 0 Å². The number of amides is 1. The van der Waals surface area contributed by atoms with Gasteiger partial charge in [-0.1, -0.05) is 12.1 Å². The third-order valence-electron chi connectivity index (χ3n) is 4.38. The van der Waals surface area contributed by atoms with Gasteiger partial charge in [-0.15, -0.1) is 0 Å². The molecule has 7 nitrogen and oxygen atoms in total. The molecule has 3 N–H and O–H groups in total. The molecule has 9 heteroatoms. The highest BCUT2D eigenvalue weighted by atomic mass is 32.2. The van der Waals surface area contributed by atoms with Crippen LogP contribution in [0.4, 0.5) is 10.1 Å². The van der Waals surface area contributed by atoms with Crippen molar-refractivity contribution in [3.8, 4) is 5.75 Å². The van der Waals surface area contributed by atoms with Gasteiger partial charge in [0.15, 0.2) is 5.82 Å². The zero-order valence-corrected chi connectivity index (χ0v) is 13.2.